The fourth-order valence-corrected chi connectivity index (χ4v) is 2.51. The van der Waals surface area contributed by atoms with Crippen molar-refractivity contribution in [3.63, 3.8) is 0 Å². The van der Waals surface area contributed by atoms with Gasteiger partial charge in [-0.15, -0.1) is 0 Å². The zero-order chi connectivity index (χ0) is 19.0. The van der Waals surface area contributed by atoms with Crippen LogP contribution in [0.4, 0.5) is 26.3 Å². The van der Waals surface area contributed by atoms with Gasteiger partial charge in [0.1, 0.15) is 0 Å². The highest BCUT2D eigenvalue weighted by Gasteiger charge is 2.37. The average Bonchev–Trinajstić information content (AvgIpc) is 2.52. The van der Waals surface area contributed by atoms with Crippen LogP contribution >= 0.6 is 0 Å². The number of hydrogen-bond donors (Lipinski definition) is 1. The van der Waals surface area contributed by atoms with E-state index in [1.54, 1.807) is 0 Å². The van der Waals surface area contributed by atoms with E-state index in [0.717, 1.165) is 0 Å². The fourth-order valence-electron chi connectivity index (χ4n) is 2.51. The Balaban J connectivity index is 2.64. The molecule has 25 heavy (non-hydrogen) atoms. The molecular formula is C17H13F6NO. The third-order valence-electron chi connectivity index (χ3n) is 3.80. The number of rotatable bonds is 3. The lowest BCUT2D eigenvalue weighted by Gasteiger charge is -2.19. The van der Waals surface area contributed by atoms with Crippen molar-refractivity contribution in [2.24, 2.45) is 5.73 Å². The van der Waals surface area contributed by atoms with Crippen molar-refractivity contribution < 1.29 is 31.1 Å². The van der Waals surface area contributed by atoms with Crippen molar-refractivity contribution in [3.05, 3.63) is 70.3 Å². The molecule has 2 N–H and O–H groups in total. The number of hydrogen-bond acceptors (Lipinski definition) is 1. The topological polar surface area (TPSA) is 43.1 Å². The van der Waals surface area contributed by atoms with Crippen molar-refractivity contribution in [3.8, 4) is 0 Å². The maximum atomic E-state index is 13.0. The van der Waals surface area contributed by atoms with Crippen LogP contribution in [0.3, 0.4) is 0 Å². The van der Waals surface area contributed by atoms with Gasteiger partial charge in [0.15, 0.2) is 0 Å². The molecule has 0 radical (unpaired) electrons. The molecule has 1 amide bonds. The van der Waals surface area contributed by atoms with Gasteiger partial charge in [-0.3, -0.25) is 4.79 Å². The molecule has 0 aliphatic carbocycles. The molecule has 2 nitrogen and oxygen atoms in total. The van der Waals surface area contributed by atoms with Crippen molar-refractivity contribution in [2.45, 2.75) is 25.2 Å². The van der Waals surface area contributed by atoms with Gasteiger partial charge in [-0.2, -0.15) is 26.3 Å². The van der Waals surface area contributed by atoms with Gasteiger partial charge >= 0.3 is 12.4 Å². The highest BCUT2D eigenvalue weighted by atomic mass is 19.4. The summed E-state index contributed by atoms with van der Waals surface area (Å²) in [6, 6.07) is 7.20. The molecule has 1 atom stereocenters. The summed E-state index contributed by atoms with van der Waals surface area (Å²) in [4.78, 5) is 11.5. The second-order valence-electron chi connectivity index (χ2n) is 5.51. The van der Waals surface area contributed by atoms with Gasteiger partial charge in [0, 0.05) is 11.5 Å². The molecule has 0 unspecified atom stereocenters. The molecule has 0 spiro atoms. The Morgan fingerprint density at radius 2 is 1.40 bits per heavy atom. The predicted octanol–water partition coefficient (Wildman–Crippen LogP) is 4.97. The summed E-state index contributed by atoms with van der Waals surface area (Å²) in [6.45, 7) is 1.41. The van der Waals surface area contributed by atoms with E-state index in [9.17, 15) is 31.1 Å². The van der Waals surface area contributed by atoms with Crippen LogP contribution in [0.5, 0.6) is 0 Å². The summed E-state index contributed by atoms with van der Waals surface area (Å²) in [5.41, 5.74) is 2.51. The average molecular weight is 361 g/mol. The number of primary amides is 1. The zero-order valence-corrected chi connectivity index (χ0v) is 12.9. The number of amides is 1. The van der Waals surface area contributed by atoms with Gasteiger partial charge < -0.3 is 5.73 Å². The Hall–Kier alpha value is -2.51. The van der Waals surface area contributed by atoms with Crippen molar-refractivity contribution in [1.82, 2.24) is 0 Å². The highest BCUT2D eigenvalue weighted by Crippen LogP contribution is 2.39. The smallest absolute Gasteiger partial charge is 0.366 e. The Bertz CT molecular complexity index is 762. The molecule has 0 heterocycles. The Morgan fingerprint density at radius 3 is 1.84 bits per heavy atom. The molecule has 0 aliphatic rings. The summed E-state index contributed by atoms with van der Waals surface area (Å²) in [6.07, 6.45) is -9.86. The molecule has 0 aliphatic heterocycles. The van der Waals surface area contributed by atoms with E-state index in [0.29, 0.717) is 12.1 Å². The monoisotopic (exact) mass is 361 g/mol. The number of benzene rings is 2. The van der Waals surface area contributed by atoms with E-state index in [1.807, 2.05) is 0 Å². The van der Waals surface area contributed by atoms with Crippen LogP contribution in [0.2, 0.25) is 0 Å². The quantitative estimate of drug-likeness (QED) is 0.771. The molecular weight excluding hydrogens is 348 g/mol. The lowest BCUT2D eigenvalue weighted by Crippen LogP contribution is -2.16. The summed E-state index contributed by atoms with van der Waals surface area (Å²) < 4.78 is 77.8. The van der Waals surface area contributed by atoms with Crippen LogP contribution in [-0.2, 0) is 12.4 Å². The Kier molecular flexibility index (Phi) is 4.83. The molecule has 0 fully saturated rings. The van der Waals surface area contributed by atoms with Gasteiger partial charge in [0.05, 0.1) is 11.1 Å². The van der Waals surface area contributed by atoms with Gasteiger partial charge in [-0.05, 0) is 35.4 Å². The van der Waals surface area contributed by atoms with Crippen LogP contribution in [-0.4, -0.2) is 5.91 Å². The molecule has 2 aromatic rings. The molecule has 2 rings (SSSR count). The van der Waals surface area contributed by atoms with E-state index in [-0.39, 0.29) is 22.8 Å². The van der Waals surface area contributed by atoms with E-state index < -0.39 is 35.3 Å². The minimum Gasteiger partial charge on any atom is -0.366 e. The van der Waals surface area contributed by atoms with Crippen molar-refractivity contribution >= 4 is 5.91 Å². The third-order valence-corrected chi connectivity index (χ3v) is 3.80. The minimum absolute atomic E-state index is 0.0426. The fraction of sp³-hybridized carbons (Fsp3) is 0.235. The molecule has 8 heteroatoms. The highest BCUT2D eigenvalue weighted by molar-refractivity contribution is 5.94. The molecule has 134 valence electrons. The number of carbonyl (C=O) groups is 1. The van der Waals surface area contributed by atoms with Crippen molar-refractivity contribution in [1.29, 1.82) is 0 Å². The minimum atomic E-state index is -4.93. The first-order valence-corrected chi connectivity index (χ1v) is 7.09. The van der Waals surface area contributed by atoms with Crippen LogP contribution in [0.25, 0.3) is 0 Å². The van der Waals surface area contributed by atoms with Crippen LogP contribution in [0.15, 0.2) is 42.5 Å². The third kappa shape index (κ3) is 4.12. The van der Waals surface area contributed by atoms with Gasteiger partial charge in [-0.25, -0.2) is 0 Å². The molecule has 0 aromatic heterocycles. The normalized spacial score (nSPS) is 13.6. The second-order valence-corrected chi connectivity index (χ2v) is 5.51. The maximum Gasteiger partial charge on any atom is 0.416 e. The van der Waals surface area contributed by atoms with E-state index in [4.69, 9.17) is 5.73 Å². The Labute approximate surface area is 139 Å². The first-order valence-electron chi connectivity index (χ1n) is 7.09. The Morgan fingerprint density at radius 1 is 0.920 bits per heavy atom. The van der Waals surface area contributed by atoms with Gasteiger partial charge in [0.2, 0.25) is 5.91 Å². The van der Waals surface area contributed by atoms with Gasteiger partial charge in [-0.1, -0.05) is 25.1 Å². The van der Waals surface area contributed by atoms with Gasteiger partial charge in [0.25, 0.3) is 0 Å². The predicted molar refractivity (Wildman–Crippen MR) is 78.9 cm³/mol. The number of carbonyl (C=O) groups excluding carboxylic acids is 1. The number of nitrogens with two attached hydrogens (primary N) is 1. The lowest BCUT2D eigenvalue weighted by molar-refractivity contribution is -0.143. The van der Waals surface area contributed by atoms with Crippen LogP contribution in [0, 0.1) is 0 Å². The summed E-state index contributed by atoms with van der Waals surface area (Å²) in [7, 11) is 0. The van der Waals surface area contributed by atoms with Crippen LogP contribution < -0.4 is 5.73 Å². The largest absolute Gasteiger partial charge is 0.416 e. The summed E-state index contributed by atoms with van der Waals surface area (Å²) >= 11 is 0. The lowest BCUT2D eigenvalue weighted by atomic mass is 9.87. The number of alkyl halides is 6. The molecule has 2 aromatic carbocycles. The van der Waals surface area contributed by atoms with E-state index in [1.165, 1.54) is 31.2 Å². The molecule has 0 saturated heterocycles. The zero-order valence-electron chi connectivity index (χ0n) is 12.9. The standard InChI is InChI=1S/C17H13F6NO/c1-9(13-4-2-3-5-14(13)15(24)25)10-6-11(16(18,19)20)8-12(7-10)17(21,22)23/h2-9H,1H3,(H2,24,25)/t9-/m1/s1. The maximum absolute atomic E-state index is 13.0. The SMILES string of the molecule is C[C@H](c1cc(C(F)(F)F)cc(C(F)(F)F)c1)c1ccccc1C(N)=O. The first-order chi connectivity index (χ1) is 11.4. The summed E-state index contributed by atoms with van der Waals surface area (Å²) in [5.74, 6) is -1.71. The van der Waals surface area contributed by atoms with E-state index in [2.05, 4.69) is 0 Å². The van der Waals surface area contributed by atoms with Crippen molar-refractivity contribution in [2.75, 3.05) is 0 Å². The van der Waals surface area contributed by atoms with Crippen LogP contribution in [0.1, 0.15) is 45.5 Å². The summed E-state index contributed by atoms with van der Waals surface area (Å²) in [5, 5.41) is 0. The first kappa shape index (κ1) is 18.8. The molecule has 0 bridgehead atoms. The molecule has 0 saturated carbocycles. The number of halogens is 6. The second kappa shape index (κ2) is 6.42. The van der Waals surface area contributed by atoms with E-state index >= 15 is 0 Å².